The van der Waals surface area contributed by atoms with Gasteiger partial charge in [0.1, 0.15) is 0 Å². The average molecular weight is 389 g/mol. The van der Waals surface area contributed by atoms with E-state index < -0.39 is 10.0 Å². The van der Waals surface area contributed by atoms with Crippen LogP contribution in [0.25, 0.3) is 0 Å². The Hall–Kier alpha value is -2.34. The number of hydrogen-bond acceptors (Lipinski definition) is 3. The molecule has 1 amide bonds. The lowest BCUT2D eigenvalue weighted by Crippen LogP contribution is -2.36. The van der Waals surface area contributed by atoms with Crippen LogP contribution in [0.4, 0.5) is 11.4 Å². The molecule has 0 N–H and O–H groups in total. The summed E-state index contributed by atoms with van der Waals surface area (Å²) in [5.74, 6) is -0.136. The molecule has 0 saturated carbocycles. The van der Waals surface area contributed by atoms with Gasteiger partial charge < -0.3 is 4.90 Å². The molecule has 0 aliphatic carbocycles. The molecule has 0 atom stereocenters. The summed E-state index contributed by atoms with van der Waals surface area (Å²) in [4.78, 5) is 14.1. The molecule has 5 nitrogen and oxygen atoms in total. The van der Waals surface area contributed by atoms with E-state index in [1.54, 1.807) is 18.0 Å². The molecule has 0 aromatic heterocycles. The van der Waals surface area contributed by atoms with Gasteiger partial charge in [0.25, 0.3) is 0 Å². The molecule has 0 radical (unpaired) electrons. The predicted octanol–water partition coefficient (Wildman–Crippen LogP) is 3.80. The highest BCUT2D eigenvalue weighted by molar-refractivity contribution is 7.92. The molecular formula is C21H28N2O3S. The van der Waals surface area contributed by atoms with Gasteiger partial charge in [0, 0.05) is 25.7 Å². The number of carbonyl (C=O) groups is 1. The van der Waals surface area contributed by atoms with Gasteiger partial charge >= 0.3 is 0 Å². The van der Waals surface area contributed by atoms with Gasteiger partial charge in [-0.2, -0.15) is 0 Å². The molecule has 0 unspecified atom stereocenters. The Balaban J connectivity index is 2.27. The normalized spacial score (nSPS) is 11.9. The predicted molar refractivity (Wildman–Crippen MR) is 112 cm³/mol. The standard InChI is InChI=1S/C21H28N2O3S/c1-21(2,3)18-13-9-10-14-19(18)23(27(5,25)26)16-15-20(24)22(4)17-11-7-6-8-12-17/h6-14H,15-16H2,1-5H3. The van der Waals surface area contributed by atoms with E-state index in [1.165, 1.54) is 10.6 Å². The van der Waals surface area contributed by atoms with Crippen molar-refractivity contribution in [2.45, 2.75) is 32.6 Å². The zero-order chi connectivity index (χ0) is 20.2. The number of amides is 1. The summed E-state index contributed by atoms with van der Waals surface area (Å²) in [7, 11) is -1.82. The third-order valence-electron chi connectivity index (χ3n) is 4.43. The van der Waals surface area contributed by atoms with E-state index >= 15 is 0 Å². The lowest BCUT2D eigenvalue weighted by atomic mass is 9.86. The smallest absolute Gasteiger partial charge is 0.232 e. The fourth-order valence-corrected chi connectivity index (χ4v) is 3.89. The minimum atomic E-state index is -3.52. The molecular weight excluding hydrogens is 360 g/mol. The molecule has 0 fully saturated rings. The van der Waals surface area contributed by atoms with Crippen molar-refractivity contribution in [3.63, 3.8) is 0 Å². The van der Waals surface area contributed by atoms with Crippen molar-refractivity contribution in [1.29, 1.82) is 0 Å². The van der Waals surface area contributed by atoms with Crippen LogP contribution < -0.4 is 9.21 Å². The Morgan fingerprint density at radius 3 is 2.07 bits per heavy atom. The van der Waals surface area contributed by atoms with Gasteiger partial charge in [0.2, 0.25) is 15.9 Å². The maximum Gasteiger partial charge on any atom is 0.232 e. The summed E-state index contributed by atoms with van der Waals surface area (Å²) >= 11 is 0. The van der Waals surface area contributed by atoms with Crippen LogP contribution in [-0.2, 0) is 20.2 Å². The summed E-state index contributed by atoms with van der Waals surface area (Å²) < 4.78 is 26.3. The van der Waals surface area contributed by atoms with Crippen molar-refractivity contribution in [1.82, 2.24) is 0 Å². The van der Waals surface area contributed by atoms with Crippen LogP contribution in [0.3, 0.4) is 0 Å². The molecule has 0 saturated heterocycles. The van der Waals surface area contributed by atoms with Crippen LogP contribution in [0.1, 0.15) is 32.8 Å². The van der Waals surface area contributed by atoms with E-state index in [2.05, 4.69) is 0 Å². The first-order valence-corrected chi connectivity index (χ1v) is 10.8. The number of rotatable bonds is 6. The highest BCUT2D eigenvalue weighted by Gasteiger charge is 2.26. The molecule has 0 spiro atoms. The fourth-order valence-electron chi connectivity index (χ4n) is 2.95. The number of nitrogens with zero attached hydrogens (tertiary/aromatic N) is 2. The topological polar surface area (TPSA) is 57.7 Å². The third kappa shape index (κ3) is 5.32. The first-order valence-electron chi connectivity index (χ1n) is 8.90. The molecule has 2 rings (SSSR count). The second kappa shape index (κ2) is 8.13. The van der Waals surface area contributed by atoms with Gasteiger partial charge in [-0.25, -0.2) is 8.42 Å². The van der Waals surface area contributed by atoms with Crippen LogP contribution in [0.15, 0.2) is 54.6 Å². The largest absolute Gasteiger partial charge is 0.315 e. The summed E-state index contributed by atoms with van der Waals surface area (Å²) in [6.07, 6.45) is 1.27. The van der Waals surface area contributed by atoms with E-state index in [0.717, 1.165) is 11.3 Å². The van der Waals surface area contributed by atoms with E-state index in [9.17, 15) is 13.2 Å². The Morgan fingerprint density at radius 1 is 0.963 bits per heavy atom. The SMILES string of the molecule is CN(C(=O)CCN(c1ccccc1C(C)(C)C)S(C)(=O)=O)c1ccccc1. The van der Waals surface area contributed by atoms with Crippen molar-refractivity contribution in [3.8, 4) is 0 Å². The minimum absolute atomic E-state index is 0.0942. The second-order valence-corrected chi connectivity index (χ2v) is 9.55. The van der Waals surface area contributed by atoms with Crippen LogP contribution in [0, 0.1) is 0 Å². The van der Waals surface area contributed by atoms with Gasteiger partial charge in [-0.15, -0.1) is 0 Å². The van der Waals surface area contributed by atoms with Crippen molar-refractivity contribution in [3.05, 3.63) is 60.2 Å². The van der Waals surface area contributed by atoms with E-state index in [1.807, 2.05) is 69.3 Å². The van der Waals surface area contributed by atoms with Crippen molar-refractivity contribution in [2.75, 3.05) is 29.1 Å². The Labute approximate surface area is 162 Å². The van der Waals surface area contributed by atoms with E-state index in [-0.39, 0.29) is 24.3 Å². The van der Waals surface area contributed by atoms with Crippen LogP contribution >= 0.6 is 0 Å². The van der Waals surface area contributed by atoms with Gasteiger partial charge in [0.05, 0.1) is 11.9 Å². The molecule has 2 aromatic rings. The maximum atomic E-state index is 12.6. The van der Waals surface area contributed by atoms with Crippen LogP contribution in [0.2, 0.25) is 0 Å². The van der Waals surface area contributed by atoms with Crippen LogP contribution in [-0.4, -0.2) is 34.2 Å². The fraction of sp³-hybridized carbons (Fsp3) is 0.381. The Bertz CT molecular complexity index is 887. The number of para-hydroxylation sites is 2. The number of benzene rings is 2. The monoisotopic (exact) mass is 388 g/mol. The maximum absolute atomic E-state index is 12.6. The van der Waals surface area contributed by atoms with Gasteiger partial charge in [-0.1, -0.05) is 57.2 Å². The van der Waals surface area contributed by atoms with Gasteiger partial charge in [-0.3, -0.25) is 9.10 Å². The summed E-state index contributed by atoms with van der Waals surface area (Å²) in [5, 5.41) is 0. The lowest BCUT2D eigenvalue weighted by Gasteiger charge is -2.30. The zero-order valence-electron chi connectivity index (χ0n) is 16.6. The molecule has 27 heavy (non-hydrogen) atoms. The lowest BCUT2D eigenvalue weighted by molar-refractivity contribution is -0.118. The number of sulfonamides is 1. The molecule has 0 aliphatic heterocycles. The second-order valence-electron chi connectivity index (χ2n) is 7.64. The third-order valence-corrected chi connectivity index (χ3v) is 5.61. The first-order chi connectivity index (χ1) is 12.5. The number of hydrogen-bond donors (Lipinski definition) is 0. The van der Waals surface area contributed by atoms with Crippen molar-refractivity contribution >= 4 is 27.3 Å². The molecule has 0 heterocycles. The summed E-state index contributed by atoms with van der Waals surface area (Å²) in [6, 6.07) is 16.8. The Morgan fingerprint density at radius 2 is 1.52 bits per heavy atom. The molecule has 6 heteroatoms. The molecule has 0 bridgehead atoms. The van der Waals surface area contributed by atoms with Gasteiger partial charge in [-0.05, 0) is 29.2 Å². The highest BCUT2D eigenvalue weighted by atomic mass is 32.2. The summed E-state index contributed by atoms with van der Waals surface area (Å²) in [5.41, 5.74) is 2.12. The van der Waals surface area contributed by atoms with Gasteiger partial charge in [0.15, 0.2) is 0 Å². The van der Waals surface area contributed by atoms with Crippen LogP contribution in [0.5, 0.6) is 0 Å². The Kier molecular flexibility index (Phi) is 6.31. The summed E-state index contributed by atoms with van der Waals surface area (Å²) in [6.45, 7) is 6.23. The highest BCUT2D eigenvalue weighted by Crippen LogP contribution is 2.33. The number of anilines is 2. The molecule has 2 aromatic carbocycles. The van der Waals surface area contributed by atoms with E-state index in [0.29, 0.717) is 5.69 Å². The molecule has 146 valence electrons. The minimum Gasteiger partial charge on any atom is -0.315 e. The average Bonchev–Trinajstić information content (AvgIpc) is 2.60. The van der Waals surface area contributed by atoms with Crippen molar-refractivity contribution in [2.24, 2.45) is 0 Å². The molecule has 0 aliphatic rings. The number of carbonyl (C=O) groups excluding carboxylic acids is 1. The first kappa shape index (κ1) is 21.0. The van der Waals surface area contributed by atoms with Crippen molar-refractivity contribution < 1.29 is 13.2 Å². The van der Waals surface area contributed by atoms with E-state index in [4.69, 9.17) is 0 Å². The quantitative estimate of drug-likeness (QED) is 0.756. The zero-order valence-corrected chi connectivity index (χ0v) is 17.5.